The van der Waals surface area contributed by atoms with Crippen molar-refractivity contribution in [1.29, 1.82) is 0 Å². The second-order valence-electron chi connectivity index (χ2n) is 5.95. The molecule has 0 fully saturated rings. The Kier molecular flexibility index (Phi) is 5.42. The number of likely N-dealkylation sites (N-methyl/N-ethyl adjacent to an activating group) is 1. The lowest BCUT2D eigenvalue weighted by Crippen LogP contribution is -2.41. The van der Waals surface area contributed by atoms with E-state index in [1.165, 1.54) is 17.0 Å². The molecule has 1 aromatic heterocycles. The van der Waals surface area contributed by atoms with Gasteiger partial charge in [0, 0.05) is 37.6 Å². The molecular weight excluding hydrogens is 222 g/mol. The highest BCUT2D eigenvalue weighted by Gasteiger charge is 2.15. The molecule has 1 aromatic rings. The standard InChI is InChI=1S/C15H29N3/c1-11(2)15(10-17(5)6)16-9-14-8-12(3)18(7)13(14)4/h8,11,15-16H,9-10H2,1-7H3. The molecule has 1 unspecified atom stereocenters. The summed E-state index contributed by atoms with van der Waals surface area (Å²) in [7, 11) is 6.40. The van der Waals surface area contributed by atoms with E-state index >= 15 is 0 Å². The van der Waals surface area contributed by atoms with Crippen LogP contribution in [0.4, 0.5) is 0 Å². The quantitative estimate of drug-likeness (QED) is 0.837. The van der Waals surface area contributed by atoms with Gasteiger partial charge in [0.1, 0.15) is 0 Å². The van der Waals surface area contributed by atoms with E-state index in [1.807, 2.05) is 0 Å². The van der Waals surface area contributed by atoms with Gasteiger partial charge in [0.05, 0.1) is 0 Å². The Morgan fingerprint density at radius 1 is 1.28 bits per heavy atom. The van der Waals surface area contributed by atoms with Crippen LogP contribution in [-0.4, -0.2) is 36.1 Å². The highest BCUT2D eigenvalue weighted by Crippen LogP contribution is 2.14. The fourth-order valence-electron chi connectivity index (χ4n) is 2.26. The zero-order chi connectivity index (χ0) is 13.9. The van der Waals surface area contributed by atoms with E-state index in [0.29, 0.717) is 12.0 Å². The third-order valence-corrected chi connectivity index (χ3v) is 3.80. The molecule has 0 aliphatic heterocycles. The first kappa shape index (κ1) is 15.3. The molecule has 0 aliphatic carbocycles. The van der Waals surface area contributed by atoms with Crippen molar-refractivity contribution in [2.45, 2.75) is 40.3 Å². The van der Waals surface area contributed by atoms with Crippen LogP contribution >= 0.6 is 0 Å². The monoisotopic (exact) mass is 251 g/mol. The molecule has 3 heteroatoms. The maximum atomic E-state index is 3.69. The molecule has 0 amide bonds. The van der Waals surface area contributed by atoms with Crippen molar-refractivity contribution in [3.05, 3.63) is 23.0 Å². The second kappa shape index (κ2) is 6.39. The molecule has 0 saturated carbocycles. The van der Waals surface area contributed by atoms with E-state index in [9.17, 15) is 0 Å². The highest BCUT2D eigenvalue weighted by molar-refractivity contribution is 5.26. The Bertz CT molecular complexity index is 377. The van der Waals surface area contributed by atoms with Gasteiger partial charge >= 0.3 is 0 Å². The van der Waals surface area contributed by atoms with E-state index in [0.717, 1.165) is 13.1 Å². The molecule has 0 spiro atoms. The van der Waals surface area contributed by atoms with E-state index in [4.69, 9.17) is 0 Å². The summed E-state index contributed by atoms with van der Waals surface area (Å²) in [5, 5.41) is 3.69. The molecule has 18 heavy (non-hydrogen) atoms. The van der Waals surface area contributed by atoms with Gasteiger partial charge < -0.3 is 14.8 Å². The lowest BCUT2D eigenvalue weighted by Gasteiger charge is -2.25. The fraction of sp³-hybridized carbons (Fsp3) is 0.733. The summed E-state index contributed by atoms with van der Waals surface area (Å²) in [6.45, 7) is 11.0. The van der Waals surface area contributed by atoms with Crippen LogP contribution in [0.15, 0.2) is 6.07 Å². The molecule has 104 valence electrons. The molecule has 0 aromatic carbocycles. The fourth-order valence-corrected chi connectivity index (χ4v) is 2.26. The van der Waals surface area contributed by atoms with Crippen LogP contribution in [0.25, 0.3) is 0 Å². The van der Waals surface area contributed by atoms with Crippen LogP contribution in [0, 0.1) is 19.8 Å². The zero-order valence-corrected chi connectivity index (χ0v) is 13.0. The maximum absolute atomic E-state index is 3.69. The van der Waals surface area contributed by atoms with Crippen molar-refractivity contribution in [3.8, 4) is 0 Å². The molecular formula is C15H29N3. The smallest absolute Gasteiger partial charge is 0.0226 e. The lowest BCUT2D eigenvalue weighted by molar-refractivity contribution is 0.288. The van der Waals surface area contributed by atoms with Gasteiger partial charge in [-0.15, -0.1) is 0 Å². The van der Waals surface area contributed by atoms with Crippen LogP contribution in [0.5, 0.6) is 0 Å². The Morgan fingerprint density at radius 2 is 1.89 bits per heavy atom. The predicted octanol–water partition coefficient (Wildman–Crippen LogP) is 2.32. The Hall–Kier alpha value is -0.800. The number of nitrogens with one attached hydrogen (secondary N) is 1. The van der Waals surface area contributed by atoms with Crippen LogP contribution < -0.4 is 5.32 Å². The third-order valence-electron chi connectivity index (χ3n) is 3.80. The van der Waals surface area contributed by atoms with Gasteiger partial charge in [-0.05, 0) is 45.5 Å². The molecule has 0 aliphatic rings. The van der Waals surface area contributed by atoms with Gasteiger partial charge in [-0.2, -0.15) is 0 Å². The third kappa shape index (κ3) is 3.85. The summed E-state index contributed by atoms with van der Waals surface area (Å²) in [5.41, 5.74) is 4.12. The van der Waals surface area contributed by atoms with E-state index < -0.39 is 0 Å². The molecule has 1 N–H and O–H groups in total. The Balaban J connectivity index is 2.64. The van der Waals surface area contributed by atoms with E-state index in [2.05, 4.69) is 69.7 Å². The number of aryl methyl sites for hydroxylation is 1. The molecule has 1 atom stereocenters. The first-order valence-electron chi connectivity index (χ1n) is 6.82. The summed E-state index contributed by atoms with van der Waals surface area (Å²) in [6, 6.07) is 2.83. The molecule has 0 radical (unpaired) electrons. The highest BCUT2D eigenvalue weighted by atomic mass is 15.1. The van der Waals surface area contributed by atoms with Crippen molar-refractivity contribution in [2.75, 3.05) is 20.6 Å². The summed E-state index contributed by atoms with van der Waals surface area (Å²) in [4.78, 5) is 2.25. The van der Waals surface area contributed by atoms with Gasteiger partial charge in [-0.3, -0.25) is 0 Å². The average molecular weight is 251 g/mol. The summed E-state index contributed by atoms with van der Waals surface area (Å²) < 4.78 is 2.26. The van der Waals surface area contributed by atoms with E-state index in [1.54, 1.807) is 0 Å². The minimum atomic E-state index is 0.542. The van der Waals surface area contributed by atoms with E-state index in [-0.39, 0.29) is 0 Å². The normalized spacial score (nSPS) is 13.6. The number of aromatic nitrogens is 1. The number of rotatable bonds is 6. The van der Waals surface area contributed by atoms with Gasteiger partial charge in [-0.1, -0.05) is 13.8 Å². The van der Waals surface area contributed by atoms with Crippen LogP contribution in [-0.2, 0) is 13.6 Å². The number of nitrogens with zero attached hydrogens (tertiary/aromatic N) is 2. The van der Waals surface area contributed by atoms with Crippen LogP contribution in [0.2, 0.25) is 0 Å². The van der Waals surface area contributed by atoms with Crippen molar-refractivity contribution in [3.63, 3.8) is 0 Å². The first-order chi connectivity index (χ1) is 8.32. The Morgan fingerprint density at radius 3 is 2.28 bits per heavy atom. The minimum absolute atomic E-state index is 0.542. The van der Waals surface area contributed by atoms with Crippen molar-refractivity contribution >= 4 is 0 Å². The molecule has 1 rings (SSSR count). The van der Waals surface area contributed by atoms with Crippen LogP contribution in [0.1, 0.15) is 30.8 Å². The molecule has 3 nitrogen and oxygen atoms in total. The topological polar surface area (TPSA) is 20.2 Å². The Labute approximate surface area is 112 Å². The minimum Gasteiger partial charge on any atom is -0.352 e. The number of hydrogen-bond donors (Lipinski definition) is 1. The summed E-state index contributed by atoms with van der Waals surface area (Å²) >= 11 is 0. The molecule has 0 saturated heterocycles. The van der Waals surface area contributed by atoms with Gasteiger partial charge in [-0.25, -0.2) is 0 Å². The van der Waals surface area contributed by atoms with Gasteiger partial charge in [0.2, 0.25) is 0 Å². The first-order valence-corrected chi connectivity index (χ1v) is 6.82. The van der Waals surface area contributed by atoms with Gasteiger partial charge in [0.15, 0.2) is 0 Å². The predicted molar refractivity (Wildman–Crippen MR) is 78.9 cm³/mol. The lowest BCUT2D eigenvalue weighted by atomic mass is 10.0. The van der Waals surface area contributed by atoms with Crippen molar-refractivity contribution < 1.29 is 0 Å². The van der Waals surface area contributed by atoms with Crippen molar-refractivity contribution in [1.82, 2.24) is 14.8 Å². The molecule has 1 heterocycles. The second-order valence-corrected chi connectivity index (χ2v) is 5.95. The maximum Gasteiger partial charge on any atom is 0.0226 e. The average Bonchev–Trinajstić information content (AvgIpc) is 2.51. The number of hydrogen-bond acceptors (Lipinski definition) is 2. The van der Waals surface area contributed by atoms with Crippen LogP contribution in [0.3, 0.4) is 0 Å². The largest absolute Gasteiger partial charge is 0.352 e. The summed E-state index contributed by atoms with van der Waals surface area (Å²) in [6.07, 6.45) is 0. The summed E-state index contributed by atoms with van der Waals surface area (Å²) in [5.74, 6) is 0.650. The SMILES string of the molecule is Cc1cc(CNC(CN(C)C)C(C)C)c(C)n1C. The van der Waals surface area contributed by atoms with Gasteiger partial charge in [0.25, 0.3) is 0 Å². The zero-order valence-electron chi connectivity index (χ0n) is 13.0. The van der Waals surface area contributed by atoms with Crippen molar-refractivity contribution in [2.24, 2.45) is 13.0 Å². The molecule has 0 bridgehead atoms.